The normalized spacial score (nSPS) is 19.1. The third kappa shape index (κ3) is 1.35. The summed E-state index contributed by atoms with van der Waals surface area (Å²) in [5, 5.41) is 0. The van der Waals surface area contributed by atoms with Crippen molar-refractivity contribution in [3.05, 3.63) is 29.3 Å². The molecule has 14 heavy (non-hydrogen) atoms. The molecule has 2 N–H and O–H groups in total. The topological polar surface area (TPSA) is 52.3 Å². The van der Waals surface area contributed by atoms with Gasteiger partial charge in [0, 0.05) is 5.69 Å². The number of nitrogens with two attached hydrogens (primary N) is 1. The summed E-state index contributed by atoms with van der Waals surface area (Å²) < 4.78 is 4.73. The van der Waals surface area contributed by atoms with Crippen LogP contribution in [0.4, 0.5) is 5.69 Å². The Morgan fingerprint density at radius 1 is 1.50 bits per heavy atom. The Hall–Kier alpha value is -1.51. The first-order valence-corrected chi connectivity index (χ1v) is 4.66. The number of hydrogen-bond acceptors (Lipinski definition) is 3. The van der Waals surface area contributed by atoms with Gasteiger partial charge in [0.2, 0.25) is 0 Å². The number of nitrogen functional groups attached to an aromatic ring is 1. The van der Waals surface area contributed by atoms with Gasteiger partial charge in [-0.15, -0.1) is 0 Å². The van der Waals surface area contributed by atoms with Crippen molar-refractivity contribution in [2.75, 3.05) is 12.8 Å². The first-order chi connectivity index (χ1) is 6.72. The van der Waals surface area contributed by atoms with Gasteiger partial charge in [-0.3, -0.25) is 4.79 Å². The lowest BCUT2D eigenvalue weighted by Crippen LogP contribution is -2.16. The second-order valence-corrected chi connectivity index (χ2v) is 3.61. The summed E-state index contributed by atoms with van der Waals surface area (Å²) in [6, 6.07) is 5.82. The van der Waals surface area contributed by atoms with Crippen LogP contribution in [0.15, 0.2) is 18.2 Å². The van der Waals surface area contributed by atoms with Crippen LogP contribution in [0.25, 0.3) is 0 Å². The van der Waals surface area contributed by atoms with Gasteiger partial charge in [0.15, 0.2) is 0 Å². The highest BCUT2D eigenvalue weighted by atomic mass is 16.5. The van der Waals surface area contributed by atoms with Gasteiger partial charge in [-0.05, 0) is 30.0 Å². The number of fused-ring (bicyclic) bond motifs is 1. The second-order valence-electron chi connectivity index (χ2n) is 3.61. The third-order valence-corrected chi connectivity index (χ3v) is 2.76. The Kier molecular flexibility index (Phi) is 2.15. The van der Waals surface area contributed by atoms with Crippen LogP contribution in [0.5, 0.6) is 0 Å². The molecule has 1 atom stereocenters. The standard InChI is InChI=1S/C11H13NO2/c1-14-11(13)8-5-7-3-2-4-10(12)9(7)6-8/h2-4,8H,5-6,12H2,1H3/t8-/m1/s1. The molecule has 1 aromatic rings. The fraction of sp³-hybridized carbons (Fsp3) is 0.364. The van der Waals surface area contributed by atoms with Crippen molar-refractivity contribution in [2.45, 2.75) is 12.8 Å². The second kappa shape index (κ2) is 3.33. The van der Waals surface area contributed by atoms with Gasteiger partial charge < -0.3 is 10.5 Å². The summed E-state index contributed by atoms with van der Waals surface area (Å²) in [6.07, 6.45) is 1.47. The van der Waals surface area contributed by atoms with Gasteiger partial charge in [-0.2, -0.15) is 0 Å². The molecular formula is C11H13NO2. The summed E-state index contributed by atoms with van der Waals surface area (Å²) in [5.41, 5.74) is 8.90. The lowest BCUT2D eigenvalue weighted by atomic mass is 10.1. The van der Waals surface area contributed by atoms with Gasteiger partial charge in [0.05, 0.1) is 13.0 Å². The smallest absolute Gasteiger partial charge is 0.309 e. The third-order valence-electron chi connectivity index (χ3n) is 2.76. The molecule has 3 heteroatoms. The van der Waals surface area contributed by atoms with E-state index >= 15 is 0 Å². The van der Waals surface area contributed by atoms with Crippen LogP contribution >= 0.6 is 0 Å². The maximum atomic E-state index is 11.3. The minimum atomic E-state index is -0.138. The van der Waals surface area contributed by atoms with Crippen LogP contribution in [0.3, 0.4) is 0 Å². The van der Waals surface area contributed by atoms with E-state index in [0.29, 0.717) is 6.42 Å². The minimum absolute atomic E-state index is 0.0419. The van der Waals surface area contributed by atoms with Crippen molar-refractivity contribution in [1.29, 1.82) is 0 Å². The van der Waals surface area contributed by atoms with Gasteiger partial charge in [0.1, 0.15) is 0 Å². The van der Waals surface area contributed by atoms with E-state index in [1.54, 1.807) is 0 Å². The molecule has 0 spiro atoms. The van der Waals surface area contributed by atoms with E-state index < -0.39 is 0 Å². The molecule has 1 aliphatic rings. The average molecular weight is 191 g/mol. The Labute approximate surface area is 82.9 Å². The van der Waals surface area contributed by atoms with E-state index in [1.165, 1.54) is 12.7 Å². The maximum absolute atomic E-state index is 11.3. The van der Waals surface area contributed by atoms with E-state index in [1.807, 2.05) is 18.2 Å². The van der Waals surface area contributed by atoms with Crippen LogP contribution < -0.4 is 5.73 Å². The highest BCUT2D eigenvalue weighted by Crippen LogP contribution is 2.31. The highest BCUT2D eigenvalue weighted by molar-refractivity contribution is 5.75. The van der Waals surface area contributed by atoms with E-state index in [-0.39, 0.29) is 11.9 Å². The maximum Gasteiger partial charge on any atom is 0.309 e. The Bertz CT molecular complexity index is 374. The lowest BCUT2D eigenvalue weighted by Gasteiger charge is -2.04. The summed E-state index contributed by atoms with van der Waals surface area (Å²) in [4.78, 5) is 11.3. The quantitative estimate of drug-likeness (QED) is 0.535. The number of esters is 1. The van der Waals surface area contributed by atoms with E-state index in [4.69, 9.17) is 10.5 Å². The first-order valence-electron chi connectivity index (χ1n) is 4.66. The van der Waals surface area contributed by atoms with Crippen molar-refractivity contribution >= 4 is 11.7 Å². The van der Waals surface area contributed by atoms with E-state index in [0.717, 1.165) is 17.7 Å². The van der Waals surface area contributed by atoms with Crippen LogP contribution in [-0.2, 0) is 22.4 Å². The molecule has 0 fully saturated rings. The van der Waals surface area contributed by atoms with Crippen LogP contribution in [-0.4, -0.2) is 13.1 Å². The summed E-state index contributed by atoms with van der Waals surface area (Å²) >= 11 is 0. The molecule has 0 radical (unpaired) electrons. The molecule has 74 valence electrons. The van der Waals surface area contributed by atoms with Crippen molar-refractivity contribution in [3.8, 4) is 0 Å². The SMILES string of the molecule is COC(=O)[C@@H]1Cc2cccc(N)c2C1. The van der Waals surface area contributed by atoms with E-state index in [2.05, 4.69) is 0 Å². The van der Waals surface area contributed by atoms with Crippen LogP contribution in [0.2, 0.25) is 0 Å². The predicted octanol–water partition coefficient (Wildman–Crippen LogP) is 1.16. The summed E-state index contributed by atoms with van der Waals surface area (Å²) in [5.74, 6) is -0.180. The number of carbonyl (C=O) groups is 1. The number of methoxy groups -OCH3 is 1. The van der Waals surface area contributed by atoms with Crippen molar-refractivity contribution in [3.63, 3.8) is 0 Å². The zero-order chi connectivity index (χ0) is 10.1. The van der Waals surface area contributed by atoms with Crippen LogP contribution in [0.1, 0.15) is 11.1 Å². The molecule has 0 unspecified atom stereocenters. The molecule has 0 amide bonds. The first kappa shape index (κ1) is 9.06. The molecule has 0 heterocycles. The lowest BCUT2D eigenvalue weighted by molar-refractivity contribution is -0.145. The number of anilines is 1. The van der Waals surface area contributed by atoms with Gasteiger partial charge in [-0.1, -0.05) is 12.1 Å². The van der Waals surface area contributed by atoms with Gasteiger partial charge in [0.25, 0.3) is 0 Å². The fourth-order valence-electron chi connectivity index (χ4n) is 2.01. The van der Waals surface area contributed by atoms with Crippen molar-refractivity contribution in [2.24, 2.45) is 5.92 Å². The Morgan fingerprint density at radius 2 is 2.29 bits per heavy atom. The molecule has 0 saturated carbocycles. The number of benzene rings is 1. The Balaban J connectivity index is 2.26. The Morgan fingerprint density at radius 3 is 2.93 bits per heavy atom. The molecule has 2 rings (SSSR count). The molecule has 1 aliphatic carbocycles. The van der Waals surface area contributed by atoms with Crippen molar-refractivity contribution in [1.82, 2.24) is 0 Å². The molecule has 3 nitrogen and oxygen atoms in total. The van der Waals surface area contributed by atoms with Crippen LogP contribution in [0, 0.1) is 5.92 Å². The van der Waals surface area contributed by atoms with E-state index in [9.17, 15) is 4.79 Å². The number of rotatable bonds is 1. The molecular weight excluding hydrogens is 178 g/mol. The zero-order valence-corrected chi connectivity index (χ0v) is 8.12. The highest BCUT2D eigenvalue weighted by Gasteiger charge is 2.28. The largest absolute Gasteiger partial charge is 0.469 e. The van der Waals surface area contributed by atoms with Crippen molar-refractivity contribution < 1.29 is 9.53 Å². The number of hydrogen-bond donors (Lipinski definition) is 1. The zero-order valence-electron chi connectivity index (χ0n) is 8.12. The fourth-order valence-corrected chi connectivity index (χ4v) is 2.01. The molecule has 0 aliphatic heterocycles. The molecule has 0 aromatic heterocycles. The summed E-state index contributed by atoms with van der Waals surface area (Å²) in [6.45, 7) is 0. The molecule has 1 aromatic carbocycles. The predicted molar refractivity (Wildman–Crippen MR) is 53.8 cm³/mol. The monoisotopic (exact) mass is 191 g/mol. The molecule has 0 bridgehead atoms. The molecule has 0 saturated heterocycles. The number of ether oxygens (including phenoxy) is 1. The minimum Gasteiger partial charge on any atom is -0.469 e. The van der Waals surface area contributed by atoms with Gasteiger partial charge in [-0.25, -0.2) is 0 Å². The number of carbonyl (C=O) groups excluding carboxylic acids is 1. The average Bonchev–Trinajstić information content (AvgIpc) is 2.62. The summed E-state index contributed by atoms with van der Waals surface area (Å²) in [7, 11) is 1.43. The van der Waals surface area contributed by atoms with Gasteiger partial charge >= 0.3 is 5.97 Å².